The Labute approximate surface area is 288 Å². The van der Waals surface area contributed by atoms with Gasteiger partial charge in [-0.25, -0.2) is 0 Å². The Balaban J connectivity index is 1.31. The van der Waals surface area contributed by atoms with Gasteiger partial charge in [0.15, 0.2) is 0 Å². The van der Waals surface area contributed by atoms with Gasteiger partial charge in [-0.15, -0.1) is 0 Å². The summed E-state index contributed by atoms with van der Waals surface area (Å²) < 4.78 is 2.40. The number of benzene rings is 5. The summed E-state index contributed by atoms with van der Waals surface area (Å²) in [5.74, 6) is 0. The highest BCUT2D eigenvalue weighted by molar-refractivity contribution is 6.09. The third kappa shape index (κ3) is 5.66. The summed E-state index contributed by atoms with van der Waals surface area (Å²) in [5.41, 5.74) is 13.4. The molecule has 3 heterocycles. The smallest absolute Gasteiger partial charge is 0.0541 e. The molecular weight excluding hydrogens is 595 g/mol. The van der Waals surface area contributed by atoms with Crippen LogP contribution in [0.4, 0.5) is 11.4 Å². The molecule has 0 amide bonds. The molecule has 0 saturated heterocycles. The predicted octanol–water partition coefficient (Wildman–Crippen LogP) is 12.0. The van der Waals surface area contributed by atoms with Crippen LogP contribution in [-0.2, 0) is 6.42 Å². The van der Waals surface area contributed by atoms with Crippen molar-refractivity contribution in [3.05, 3.63) is 206 Å². The molecule has 0 N–H and O–H groups in total. The second-order valence-corrected chi connectivity index (χ2v) is 12.5. The summed E-state index contributed by atoms with van der Waals surface area (Å²) in [6.45, 7) is 10.9. The lowest BCUT2D eigenvalue weighted by molar-refractivity contribution is 0.650. The van der Waals surface area contributed by atoms with E-state index in [1.165, 1.54) is 32.9 Å². The summed E-state index contributed by atoms with van der Waals surface area (Å²) in [4.78, 5) is 4.36. The fourth-order valence-corrected chi connectivity index (χ4v) is 6.92. The van der Waals surface area contributed by atoms with Crippen LogP contribution in [-0.4, -0.2) is 9.47 Å². The highest BCUT2D eigenvalue weighted by Crippen LogP contribution is 2.40. The van der Waals surface area contributed by atoms with Crippen LogP contribution in [0.15, 0.2) is 195 Å². The van der Waals surface area contributed by atoms with Crippen molar-refractivity contribution in [3.8, 4) is 16.8 Å². The SMILES string of the molecule is C=C1C=CC=CN1/C=C(\C)c1ccc(-c2cc(N3C(=C)/C=C\C=C/Cc4ccccc43)cc(-n3c4ccccc4c4ccccc43)c2)cc1. The molecule has 3 heteroatoms. The van der Waals surface area contributed by atoms with Gasteiger partial charge in [0.25, 0.3) is 0 Å². The standard InChI is InChI=1S/C46H37N3/c1-33(32-47-28-14-13-15-34(47)2)36-24-26-37(27-25-36)39-29-40(48-35(3)16-5-4-6-17-38-18-7-10-21-44(38)48)31-41(30-39)49-45-22-11-8-19-42(45)43-20-9-12-23-46(43)49/h4-16,18-32H,2-3,17H2,1H3/b6-4-,16-5-,33-32+. The second kappa shape index (κ2) is 12.7. The Hall–Kier alpha value is -6.32. The lowest BCUT2D eigenvalue weighted by Crippen LogP contribution is -2.16. The average molecular weight is 632 g/mol. The van der Waals surface area contributed by atoms with Gasteiger partial charge < -0.3 is 14.4 Å². The van der Waals surface area contributed by atoms with E-state index < -0.39 is 0 Å². The van der Waals surface area contributed by atoms with Gasteiger partial charge in [-0.05, 0) is 95.8 Å². The van der Waals surface area contributed by atoms with Gasteiger partial charge in [0, 0.05) is 51.6 Å². The first kappa shape index (κ1) is 30.0. The number of fused-ring (bicyclic) bond motifs is 4. The van der Waals surface area contributed by atoms with Gasteiger partial charge >= 0.3 is 0 Å². The maximum atomic E-state index is 4.57. The Bertz CT molecular complexity index is 2360. The second-order valence-electron chi connectivity index (χ2n) is 12.5. The summed E-state index contributed by atoms with van der Waals surface area (Å²) in [6.07, 6.45) is 19.5. The molecule has 236 valence electrons. The summed E-state index contributed by atoms with van der Waals surface area (Å²) in [6, 6.07) is 41.8. The van der Waals surface area contributed by atoms with Crippen LogP contribution >= 0.6 is 0 Å². The zero-order chi connectivity index (χ0) is 33.3. The number of nitrogens with zero attached hydrogens (tertiary/aromatic N) is 3. The largest absolute Gasteiger partial charge is 0.324 e. The molecule has 0 bridgehead atoms. The maximum absolute atomic E-state index is 4.57. The molecule has 2 aliphatic rings. The highest BCUT2D eigenvalue weighted by Gasteiger charge is 2.20. The quantitative estimate of drug-likeness (QED) is 0.188. The van der Waals surface area contributed by atoms with Gasteiger partial charge in [0.05, 0.1) is 11.0 Å². The van der Waals surface area contributed by atoms with Crippen LogP contribution in [0.1, 0.15) is 18.1 Å². The molecule has 2 aliphatic heterocycles. The molecular formula is C46H37N3. The number of hydrogen-bond donors (Lipinski definition) is 0. The van der Waals surface area contributed by atoms with E-state index in [1.807, 2.05) is 24.4 Å². The molecule has 0 atom stereocenters. The van der Waals surface area contributed by atoms with Crippen molar-refractivity contribution in [1.82, 2.24) is 9.47 Å². The highest BCUT2D eigenvalue weighted by atomic mass is 15.2. The van der Waals surface area contributed by atoms with Crippen LogP contribution in [0.25, 0.3) is 44.2 Å². The third-order valence-electron chi connectivity index (χ3n) is 9.38. The molecule has 5 aromatic carbocycles. The molecule has 49 heavy (non-hydrogen) atoms. The normalized spacial score (nSPS) is 16.1. The van der Waals surface area contributed by atoms with Gasteiger partial charge in [0.2, 0.25) is 0 Å². The zero-order valence-electron chi connectivity index (χ0n) is 27.6. The van der Waals surface area contributed by atoms with Gasteiger partial charge in [-0.2, -0.15) is 0 Å². The van der Waals surface area contributed by atoms with E-state index in [-0.39, 0.29) is 0 Å². The number of rotatable bonds is 5. The topological polar surface area (TPSA) is 11.4 Å². The molecule has 1 aromatic heterocycles. The van der Waals surface area contributed by atoms with E-state index in [0.29, 0.717) is 0 Å². The molecule has 0 aliphatic carbocycles. The van der Waals surface area contributed by atoms with E-state index in [4.69, 9.17) is 0 Å². The number of hydrogen-bond acceptors (Lipinski definition) is 2. The van der Waals surface area contributed by atoms with Crippen molar-refractivity contribution in [2.24, 2.45) is 0 Å². The molecule has 0 unspecified atom stereocenters. The fourth-order valence-electron chi connectivity index (χ4n) is 6.92. The van der Waals surface area contributed by atoms with Gasteiger partial charge in [0.1, 0.15) is 0 Å². The lowest BCUT2D eigenvalue weighted by atomic mass is 9.99. The Morgan fingerprint density at radius 3 is 2.04 bits per heavy atom. The van der Waals surface area contributed by atoms with Crippen molar-refractivity contribution in [3.63, 3.8) is 0 Å². The van der Waals surface area contributed by atoms with E-state index in [2.05, 4.69) is 180 Å². The van der Waals surface area contributed by atoms with Crippen molar-refractivity contribution in [1.29, 1.82) is 0 Å². The monoisotopic (exact) mass is 631 g/mol. The molecule has 0 fully saturated rings. The molecule has 3 nitrogen and oxygen atoms in total. The summed E-state index contributed by atoms with van der Waals surface area (Å²) in [5, 5.41) is 2.48. The van der Waals surface area contributed by atoms with Crippen LogP contribution in [0.3, 0.4) is 0 Å². The molecule has 0 radical (unpaired) electrons. The first-order chi connectivity index (χ1) is 24.0. The third-order valence-corrected chi connectivity index (χ3v) is 9.38. The van der Waals surface area contributed by atoms with Crippen molar-refractivity contribution < 1.29 is 0 Å². The number of anilines is 2. The minimum atomic E-state index is 0.842. The Kier molecular flexibility index (Phi) is 7.79. The maximum Gasteiger partial charge on any atom is 0.0541 e. The van der Waals surface area contributed by atoms with Gasteiger partial charge in [-0.1, -0.05) is 116 Å². The molecule has 0 spiro atoms. The average Bonchev–Trinajstić information content (AvgIpc) is 3.50. The van der Waals surface area contributed by atoms with E-state index >= 15 is 0 Å². The number of para-hydroxylation sites is 3. The first-order valence-electron chi connectivity index (χ1n) is 16.7. The van der Waals surface area contributed by atoms with Gasteiger partial charge in [-0.3, -0.25) is 0 Å². The predicted molar refractivity (Wildman–Crippen MR) is 209 cm³/mol. The van der Waals surface area contributed by atoms with Crippen LogP contribution in [0, 0.1) is 0 Å². The van der Waals surface area contributed by atoms with Crippen LogP contribution in [0.5, 0.6) is 0 Å². The zero-order valence-corrected chi connectivity index (χ0v) is 27.6. The molecule has 8 rings (SSSR count). The van der Waals surface area contributed by atoms with Crippen molar-refractivity contribution in [2.75, 3.05) is 4.90 Å². The van der Waals surface area contributed by atoms with E-state index in [0.717, 1.165) is 51.6 Å². The fraction of sp³-hybridized carbons (Fsp3) is 0.0435. The van der Waals surface area contributed by atoms with Crippen LogP contribution in [0.2, 0.25) is 0 Å². The molecule has 6 aromatic rings. The Morgan fingerprint density at radius 1 is 0.633 bits per heavy atom. The van der Waals surface area contributed by atoms with E-state index in [1.54, 1.807) is 0 Å². The van der Waals surface area contributed by atoms with Crippen molar-refractivity contribution in [2.45, 2.75) is 13.3 Å². The Morgan fingerprint density at radius 2 is 1.29 bits per heavy atom. The first-order valence-corrected chi connectivity index (χ1v) is 16.7. The van der Waals surface area contributed by atoms with Crippen molar-refractivity contribution >= 4 is 38.8 Å². The lowest BCUT2D eigenvalue weighted by Gasteiger charge is -2.29. The minimum Gasteiger partial charge on any atom is -0.324 e. The number of aromatic nitrogens is 1. The summed E-state index contributed by atoms with van der Waals surface area (Å²) in [7, 11) is 0. The molecule has 0 saturated carbocycles. The van der Waals surface area contributed by atoms with Crippen LogP contribution < -0.4 is 4.90 Å². The van der Waals surface area contributed by atoms with E-state index in [9.17, 15) is 0 Å². The number of allylic oxidation sites excluding steroid dienone is 8. The minimum absolute atomic E-state index is 0.842. The summed E-state index contributed by atoms with van der Waals surface area (Å²) >= 11 is 0.